The van der Waals surface area contributed by atoms with Crippen molar-refractivity contribution >= 4 is 16.0 Å². The monoisotopic (exact) mass is 470 g/mol. The smallest absolute Gasteiger partial charge is 0.304 e. The highest BCUT2D eigenvalue weighted by atomic mass is 32.2. The van der Waals surface area contributed by atoms with Gasteiger partial charge < -0.3 is 9.64 Å². The number of halogens is 1. The second-order valence-corrected chi connectivity index (χ2v) is 9.48. The molecule has 1 atom stereocenters. The molecule has 2 aliphatic rings. The summed E-state index contributed by atoms with van der Waals surface area (Å²) in [6, 6.07) is 15.0. The Morgan fingerprint density at radius 2 is 1.76 bits per heavy atom. The number of rotatable bonds is 7. The molecule has 33 heavy (non-hydrogen) atoms. The van der Waals surface area contributed by atoms with Crippen molar-refractivity contribution in [3.63, 3.8) is 0 Å². The number of fused-ring (bicyclic) bond motifs is 1. The Labute approximate surface area is 193 Å². The molecule has 2 heterocycles. The van der Waals surface area contributed by atoms with E-state index in [0.29, 0.717) is 29.4 Å². The molecule has 0 fully saturated rings. The molecule has 0 aromatic heterocycles. The second kappa shape index (κ2) is 8.99. The van der Waals surface area contributed by atoms with Gasteiger partial charge in [-0.25, -0.2) is 13.8 Å². The van der Waals surface area contributed by atoms with Gasteiger partial charge in [-0.3, -0.25) is 0 Å². The molecule has 9 heteroatoms. The maximum atomic E-state index is 13.3. The number of hydrogen-bond donors (Lipinski definition) is 1. The fraction of sp³-hybridized carbons (Fsp3) is 0.292. The first-order chi connectivity index (χ1) is 15.7. The van der Waals surface area contributed by atoms with Crippen molar-refractivity contribution in [3.8, 4) is 0 Å². The van der Waals surface area contributed by atoms with Gasteiger partial charge in [0.25, 0.3) is 0 Å². The number of ether oxygens (including phenoxy) is 1. The van der Waals surface area contributed by atoms with Crippen LogP contribution in [0.25, 0.3) is 0 Å². The molecule has 2 N–H and O–H groups in total. The molecule has 2 aliphatic heterocycles. The molecule has 0 bridgehead atoms. The summed E-state index contributed by atoms with van der Waals surface area (Å²) in [6.07, 6.45) is 0.851. The van der Waals surface area contributed by atoms with Gasteiger partial charge in [-0.05, 0) is 43.5 Å². The summed E-state index contributed by atoms with van der Waals surface area (Å²) in [5, 5.41) is 5.71. The molecule has 7 nitrogen and oxygen atoms in total. The Kier molecular flexibility index (Phi) is 6.27. The van der Waals surface area contributed by atoms with Gasteiger partial charge in [-0.15, -0.1) is 0 Å². The lowest BCUT2D eigenvalue weighted by Crippen LogP contribution is -2.44. The fourth-order valence-electron chi connectivity index (χ4n) is 4.13. The molecule has 0 spiro atoms. The lowest BCUT2D eigenvalue weighted by molar-refractivity contribution is 0.176. The van der Waals surface area contributed by atoms with Crippen LogP contribution in [0, 0.1) is 5.82 Å². The summed E-state index contributed by atoms with van der Waals surface area (Å²) in [6.45, 7) is 6.82. The van der Waals surface area contributed by atoms with E-state index in [0.717, 1.165) is 21.9 Å². The van der Waals surface area contributed by atoms with E-state index in [1.807, 2.05) is 19.9 Å². The lowest BCUT2D eigenvalue weighted by Gasteiger charge is -2.33. The van der Waals surface area contributed by atoms with Crippen molar-refractivity contribution in [1.29, 1.82) is 0 Å². The topological polar surface area (TPSA) is 88.2 Å². The molecule has 1 unspecified atom stereocenters. The highest BCUT2D eigenvalue weighted by Gasteiger charge is 2.44. The van der Waals surface area contributed by atoms with E-state index in [1.165, 1.54) is 12.1 Å². The minimum Gasteiger partial charge on any atom is -0.471 e. The Hall–Kier alpha value is -3.17. The molecular weight excluding hydrogens is 443 g/mol. The third-order valence-electron chi connectivity index (χ3n) is 5.82. The van der Waals surface area contributed by atoms with Crippen molar-refractivity contribution in [2.24, 2.45) is 10.1 Å². The van der Waals surface area contributed by atoms with Crippen molar-refractivity contribution in [3.05, 3.63) is 94.4 Å². The van der Waals surface area contributed by atoms with Crippen LogP contribution in [0.15, 0.2) is 82.4 Å². The van der Waals surface area contributed by atoms with Gasteiger partial charge in [0.15, 0.2) is 5.84 Å². The molecular formula is C24H27FN4O3S. The van der Waals surface area contributed by atoms with Gasteiger partial charge in [-0.2, -0.15) is 13.4 Å². The molecule has 4 rings (SSSR count). The molecule has 2 aromatic carbocycles. The zero-order chi connectivity index (χ0) is 23.8. The zero-order valence-corrected chi connectivity index (χ0v) is 19.6. The Bertz CT molecular complexity index is 1240. The van der Waals surface area contributed by atoms with E-state index in [-0.39, 0.29) is 24.3 Å². The first kappa shape index (κ1) is 23.0. The lowest BCUT2D eigenvalue weighted by atomic mass is 10.1. The molecule has 2 aromatic rings. The van der Waals surface area contributed by atoms with Crippen LogP contribution in [0.5, 0.6) is 0 Å². The quantitative estimate of drug-likeness (QED) is 0.666. The standard InChI is InChI=1S/C24H27FN4O3S/c1-4-14-28-17(3)16(2)21-22(28)24(32-15-18-10-12-20(25)13-11-18)27-23(29(21)33(26,30)31)19-8-6-5-7-9-19/h5-13,17H,4,14-15H2,1-3H3,(H2,26,30,31). The van der Waals surface area contributed by atoms with Gasteiger partial charge in [0.2, 0.25) is 5.88 Å². The zero-order valence-electron chi connectivity index (χ0n) is 18.8. The Morgan fingerprint density at radius 1 is 1.09 bits per heavy atom. The summed E-state index contributed by atoms with van der Waals surface area (Å²) in [4.78, 5) is 6.76. The molecule has 0 aliphatic carbocycles. The summed E-state index contributed by atoms with van der Waals surface area (Å²) >= 11 is 0. The largest absolute Gasteiger partial charge is 0.471 e. The average molecular weight is 471 g/mol. The molecule has 174 valence electrons. The van der Waals surface area contributed by atoms with Crippen LogP contribution in [-0.4, -0.2) is 36.0 Å². The van der Waals surface area contributed by atoms with Crippen molar-refractivity contribution in [2.75, 3.05) is 6.54 Å². The first-order valence-corrected chi connectivity index (χ1v) is 12.3. The van der Waals surface area contributed by atoms with Crippen molar-refractivity contribution in [1.82, 2.24) is 9.21 Å². The highest BCUT2D eigenvalue weighted by molar-refractivity contribution is 7.87. The van der Waals surface area contributed by atoms with Crippen LogP contribution in [0.4, 0.5) is 4.39 Å². The maximum Gasteiger partial charge on any atom is 0.304 e. The average Bonchev–Trinajstić information content (AvgIpc) is 3.03. The minimum atomic E-state index is -4.18. The first-order valence-electron chi connectivity index (χ1n) is 10.8. The van der Waals surface area contributed by atoms with E-state index < -0.39 is 10.2 Å². The summed E-state index contributed by atoms with van der Waals surface area (Å²) in [5.41, 5.74) is 3.29. The van der Waals surface area contributed by atoms with Crippen LogP contribution in [0.1, 0.15) is 38.3 Å². The third-order valence-corrected chi connectivity index (χ3v) is 6.69. The summed E-state index contributed by atoms with van der Waals surface area (Å²) in [7, 11) is -4.18. The van der Waals surface area contributed by atoms with Gasteiger partial charge in [0.1, 0.15) is 18.1 Å². The van der Waals surface area contributed by atoms with E-state index in [2.05, 4.69) is 16.8 Å². The predicted octanol–water partition coefficient (Wildman–Crippen LogP) is 3.87. The Balaban J connectivity index is 1.88. The molecule has 0 amide bonds. The number of amidine groups is 1. The molecule has 0 radical (unpaired) electrons. The van der Waals surface area contributed by atoms with E-state index in [1.54, 1.807) is 36.4 Å². The predicted molar refractivity (Wildman–Crippen MR) is 125 cm³/mol. The third kappa shape index (κ3) is 4.38. The van der Waals surface area contributed by atoms with Gasteiger partial charge in [-0.1, -0.05) is 49.4 Å². The van der Waals surface area contributed by atoms with Crippen molar-refractivity contribution in [2.45, 2.75) is 39.8 Å². The normalized spacial score (nSPS) is 18.6. The fourth-order valence-corrected chi connectivity index (χ4v) is 5.00. The summed E-state index contributed by atoms with van der Waals surface area (Å²) < 4.78 is 46.2. The van der Waals surface area contributed by atoms with Crippen LogP contribution in [0.2, 0.25) is 0 Å². The summed E-state index contributed by atoms with van der Waals surface area (Å²) in [5.74, 6) is 0.160. The molecule has 0 saturated heterocycles. The van der Waals surface area contributed by atoms with Crippen LogP contribution in [-0.2, 0) is 21.6 Å². The maximum absolute atomic E-state index is 13.3. The number of nitrogens with two attached hydrogens (primary N) is 1. The Morgan fingerprint density at radius 3 is 2.36 bits per heavy atom. The van der Waals surface area contributed by atoms with E-state index in [9.17, 15) is 12.8 Å². The number of benzene rings is 2. The SMILES string of the molecule is CCCN1C2=C(OCc3ccc(F)cc3)N=C(c3ccccc3)N(S(N)(=O)=O)C2=C(C)C1C. The van der Waals surface area contributed by atoms with Gasteiger partial charge in [0, 0.05) is 18.2 Å². The second-order valence-electron chi connectivity index (χ2n) is 8.08. The highest BCUT2D eigenvalue weighted by Crippen LogP contribution is 2.42. The van der Waals surface area contributed by atoms with Crippen LogP contribution < -0.4 is 5.14 Å². The van der Waals surface area contributed by atoms with Gasteiger partial charge in [0.05, 0.1) is 5.70 Å². The van der Waals surface area contributed by atoms with E-state index >= 15 is 0 Å². The van der Waals surface area contributed by atoms with Gasteiger partial charge >= 0.3 is 10.2 Å². The number of nitrogens with zero attached hydrogens (tertiary/aromatic N) is 3. The number of aliphatic imine (C=N–C) groups is 1. The van der Waals surface area contributed by atoms with Crippen LogP contribution in [0.3, 0.4) is 0 Å². The number of hydrogen-bond acceptors (Lipinski definition) is 5. The van der Waals surface area contributed by atoms with E-state index in [4.69, 9.17) is 9.88 Å². The van der Waals surface area contributed by atoms with Crippen LogP contribution >= 0.6 is 0 Å². The van der Waals surface area contributed by atoms with Crippen molar-refractivity contribution < 1.29 is 17.5 Å². The minimum absolute atomic E-state index is 0.0612. The molecule has 0 saturated carbocycles.